The molecule has 4 nitrogen and oxygen atoms in total. The predicted molar refractivity (Wildman–Crippen MR) is 62.9 cm³/mol. The summed E-state index contributed by atoms with van der Waals surface area (Å²) in [4.78, 5) is 13.8. The molecule has 1 saturated carbocycles. The van der Waals surface area contributed by atoms with Gasteiger partial charge in [-0.2, -0.15) is 0 Å². The summed E-state index contributed by atoms with van der Waals surface area (Å²) in [6, 6.07) is 0. The van der Waals surface area contributed by atoms with Crippen molar-refractivity contribution in [3.63, 3.8) is 0 Å². The Balaban J connectivity index is 1.71. The highest BCUT2D eigenvalue weighted by Crippen LogP contribution is 2.49. The van der Waals surface area contributed by atoms with E-state index in [1.807, 2.05) is 0 Å². The second-order valence-electron chi connectivity index (χ2n) is 6.01. The minimum absolute atomic E-state index is 0.473. The lowest BCUT2D eigenvalue weighted by molar-refractivity contribution is -0.174. The van der Waals surface area contributed by atoms with Crippen LogP contribution in [0.25, 0.3) is 0 Å². The Labute approximate surface area is 102 Å². The number of carbonyl (C=O) groups is 1. The standard InChI is InChI=1S/C13H21NO3/c15-11(16)13(5-7-17-8-6-13)14-9-12(10-14)3-1-2-4-12/h1-10H2,(H,15,16). The summed E-state index contributed by atoms with van der Waals surface area (Å²) in [6.07, 6.45) is 6.57. The second kappa shape index (κ2) is 3.95. The summed E-state index contributed by atoms with van der Waals surface area (Å²) < 4.78 is 5.32. The van der Waals surface area contributed by atoms with Gasteiger partial charge in [-0.15, -0.1) is 0 Å². The zero-order valence-corrected chi connectivity index (χ0v) is 10.3. The van der Waals surface area contributed by atoms with Gasteiger partial charge in [-0.3, -0.25) is 9.69 Å². The van der Waals surface area contributed by atoms with Crippen molar-refractivity contribution in [2.75, 3.05) is 26.3 Å². The maximum absolute atomic E-state index is 11.6. The molecule has 3 rings (SSSR count). The summed E-state index contributed by atoms with van der Waals surface area (Å²) in [5.74, 6) is -0.645. The molecular formula is C13H21NO3. The van der Waals surface area contributed by atoms with Crippen LogP contribution in [-0.4, -0.2) is 47.8 Å². The molecule has 0 atom stereocenters. The van der Waals surface area contributed by atoms with Crippen LogP contribution >= 0.6 is 0 Å². The second-order valence-corrected chi connectivity index (χ2v) is 6.01. The summed E-state index contributed by atoms with van der Waals surface area (Å²) in [5, 5.41) is 9.56. The first kappa shape index (κ1) is 11.5. The van der Waals surface area contributed by atoms with E-state index in [1.165, 1.54) is 25.7 Å². The zero-order valence-electron chi connectivity index (χ0n) is 10.3. The smallest absolute Gasteiger partial charge is 0.324 e. The molecule has 0 unspecified atom stereocenters. The van der Waals surface area contributed by atoms with Gasteiger partial charge >= 0.3 is 5.97 Å². The highest BCUT2D eigenvalue weighted by molar-refractivity contribution is 5.79. The highest BCUT2D eigenvalue weighted by atomic mass is 16.5. The Kier molecular flexibility index (Phi) is 2.67. The van der Waals surface area contributed by atoms with Crippen LogP contribution in [0.3, 0.4) is 0 Å². The van der Waals surface area contributed by atoms with E-state index in [-0.39, 0.29) is 0 Å². The van der Waals surface area contributed by atoms with Gasteiger partial charge in [0.15, 0.2) is 0 Å². The van der Waals surface area contributed by atoms with Crippen molar-refractivity contribution in [3.8, 4) is 0 Å². The van der Waals surface area contributed by atoms with E-state index < -0.39 is 11.5 Å². The van der Waals surface area contributed by atoms with Gasteiger partial charge in [-0.1, -0.05) is 12.8 Å². The number of aliphatic carboxylic acids is 1. The monoisotopic (exact) mass is 239 g/mol. The molecule has 1 N–H and O–H groups in total. The quantitative estimate of drug-likeness (QED) is 0.793. The van der Waals surface area contributed by atoms with Crippen molar-refractivity contribution in [3.05, 3.63) is 0 Å². The van der Waals surface area contributed by atoms with Crippen LogP contribution in [0.15, 0.2) is 0 Å². The number of carboxylic acids is 1. The molecule has 1 aliphatic carbocycles. The first-order chi connectivity index (χ1) is 8.17. The summed E-state index contributed by atoms with van der Waals surface area (Å²) in [6.45, 7) is 3.18. The van der Waals surface area contributed by atoms with E-state index in [2.05, 4.69) is 4.90 Å². The molecule has 2 aliphatic heterocycles. The fourth-order valence-electron chi connectivity index (χ4n) is 3.88. The molecule has 0 radical (unpaired) electrons. The number of nitrogens with zero attached hydrogens (tertiary/aromatic N) is 1. The Morgan fingerprint density at radius 1 is 1.06 bits per heavy atom. The van der Waals surface area contributed by atoms with Crippen LogP contribution in [0.5, 0.6) is 0 Å². The van der Waals surface area contributed by atoms with E-state index in [0.717, 1.165) is 13.1 Å². The molecule has 2 heterocycles. The number of carboxylic acid groups (broad SMARTS) is 1. The van der Waals surface area contributed by atoms with Crippen LogP contribution in [-0.2, 0) is 9.53 Å². The van der Waals surface area contributed by atoms with Crippen molar-refractivity contribution in [2.24, 2.45) is 5.41 Å². The molecule has 4 heteroatoms. The summed E-state index contributed by atoms with van der Waals surface area (Å²) >= 11 is 0. The van der Waals surface area contributed by atoms with Crippen LogP contribution in [0, 0.1) is 5.41 Å². The number of rotatable bonds is 2. The molecule has 2 saturated heterocycles. The molecule has 96 valence electrons. The third kappa shape index (κ3) is 1.69. The lowest BCUT2D eigenvalue weighted by Crippen LogP contribution is -2.68. The molecule has 0 aromatic carbocycles. The molecule has 0 bridgehead atoms. The SMILES string of the molecule is O=C(O)C1(N2CC3(CCCC3)C2)CCOCC1. The van der Waals surface area contributed by atoms with Crippen molar-refractivity contribution >= 4 is 5.97 Å². The minimum atomic E-state index is -0.645. The van der Waals surface area contributed by atoms with E-state index in [1.54, 1.807) is 0 Å². The van der Waals surface area contributed by atoms with Crippen LogP contribution in [0.1, 0.15) is 38.5 Å². The van der Waals surface area contributed by atoms with E-state index >= 15 is 0 Å². The van der Waals surface area contributed by atoms with Gasteiger partial charge in [-0.25, -0.2) is 0 Å². The number of ether oxygens (including phenoxy) is 1. The van der Waals surface area contributed by atoms with E-state index in [4.69, 9.17) is 4.74 Å². The Bertz CT molecular complexity index is 309. The van der Waals surface area contributed by atoms with Crippen molar-refractivity contribution in [2.45, 2.75) is 44.1 Å². The average molecular weight is 239 g/mol. The molecule has 3 fully saturated rings. The highest BCUT2D eigenvalue weighted by Gasteiger charge is 2.55. The van der Waals surface area contributed by atoms with Crippen LogP contribution in [0.4, 0.5) is 0 Å². The molecule has 17 heavy (non-hydrogen) atoms. The zero-order chi connectivity index (χ0) is 11.9. The lowest BCUT2D eigenvalue weighted by atomic mass is 9.73. The molecule has 3 aliphatic rings. The summed E-state index contributed by atoms with van der Waals surface area (Å²) in [7, 11) is 0. The van der Waals surface area contributed by atoms with Gasteiger partial charge in [0.1, 0.15) is 5.54 Å². The van der Waals surface area contributed by atoms with Gasteiger partial charge in [0.25, 0.3) is 0 Å². The van der Waals surface area contributed by atoms with Gasteiger partial charge in [-0.05, 0) is 31.1 Å². The van der Waals surface area contributed by atoms with Crippen LogP contribution in [0.2, 0.25) is 0 Å². The predicted octanol–water partition coefficient (Wildman–Crippen LogP) is 1.50. The Hall–Kier alpha value is -0.610. The number of likely N-dealkylation sites (tertiary alicyclic amines) is 1. The van der Waals surface area contributed by atoms with E-state index in [0.29, 0.717) is 31.5 Å². The molecular weight excluding hydrogens is 218 g/mol. The molecule has 0 aromatic heterocycles. The lowest BCUT2D eigenvalue weighted by Gasteiger charge is -2.56. The molecule has 1 spiro atoms. The fraction of sp³-hybridized carbons (Fsp3) is 0.923. The van der Waals surface area contributed by atoms with Crippen molar-refractivity contribution in [1.82, 2.24) is 4.90 Å². The largest absolute Gasteiger partial charge is 0.480 e. The first-order valence-corrected chi connectivity index (χ1v) is 6.73. The normalized spacial score (nSPS) is 31.3. The van der Waals surface area contributed by atoms with Gasteiger partial charge in [0.2, 0.25) is 0 Å². The third-order valence-corrected chi connectivity index (χ3v) is 5.04. The minimum Gasteiger partial charge on any atom is -0.480 e. The molecule has 0 amide bonds. The van der Waals surface area contributed by atoms with Gasteiger partial charge < -0.3 is 9.84 Å². The topological polar surface area (TPSA) is 49.8 Å². The van der Waals surface area contributed by atoms with Crippen molar-refractivity contribution in [1.29, 1.82) is 0 Å². The number of hydrogen-bond donors (Lipinski definition) is 1. The van der Waals surface area contributed by atoms with Crippen LogP contribution < -0.4 is 0 Å². The fourth-order valence-corrected chi connectivity index (χ4v) is 3.88. The first-order valence-electron chi connectivity index (χ1n) is 6.73. The molecule has 0 aromatic rings. The summed E-state index contributed by atoms with van der Waals surface area (Å²) in [5.41, 5.74) is -0.146. The van der Waals surface area contributed by atoms with Gasteiger partial charge in [0, 0.05) is 26.3 Å². The maximum atomic E-state index is 11.6. The van der Waals surface area contributed by atoms with Gasteiger partial charge in [0.05, 0.1) is 0 Å². The third-order valence-electron chi connectivity index (χ3n) is 5.04. The van der Waals surface area contributed by atoms with E-state index in [9.17, 15) is 9.90 Å². The van der Waals surface area contributed by atoms with Crippen molar-refractivity contribution < 1.29 is 14.6 Å². The Morgan fingerprint density at radius 3 is 2.18 bits per heavy atom. The Morgan fingerprint density at radius 2 is 1.65 bits per heavy atom. The average Bonchev–Trinajstić information content (AvgIpc) is 2.77. The number of hydrogen-bond acceptors (Lipinski definition) is 3. The maximum Gasteiger partial charge on any atom is 0.324 e.